The predicted octanol–water partition coefficient (Wildman–Crippen LogP) is 5.36. The number of anilines is 2. The number of hydrogen-bond acceptors (Lipinski definition) is 5. The van der Waals surface area contributed by atoms with Crippen LogP contribution in [0.4, 0.5) is 11.4 Å². The van der Waals surface area contributed by atoms with Gasteiger partial charge < -0.3 is 20.1 Å². The summed E-state index contributed by atoms with van der Waals surface area (Å²) in [6, 6.07) is 8.24. The third kappa shape index (κ3) is 8.05. The van der Waals surface area contributed by atoms with E-state index in [1.54, 1.807) is 30.3 Å². The largest absolute Gasteiger partial charge is 0.495 e. The maximum atomic E-state index is 12.1. The van der Waals surface area contributed by atoms with Gasteiger partial charge in [-0.15, -0.1) is 0 Å². The van der Waals surface area contributed by atoms with E-state index in [0.717, 1.165) is 5.56 Å². The topological polar surface area (TPSA) is 93.7 Å². The van der Waals surface area contributed by atoms with Crippen LogP contribution >= 0.6 is 39.1 Å². The van der Waals surface area contributed by atoms with Crippen molar-refractivity contribution in [2.24, 2.45) is 0 Å². The molecule has 0 saturated carbocycles. The number of hydrogen-bond donors (Lipinski definition) is 2. The van der Waals surface area contributed by atoms with E-state index < -0.39 is 18.5 Å². The van der Waals surface area contributed by atoms with Crippen LogP contribution in [0.15, 0.2) is 34.8 Å². The van der Waals surface area contributed by atoms with Crippen LogP contribution in [-0.2, 0) is 19.1 Å². The molecule has 0 fully saturated rings. The first kappa shape index (κ1) is 25.0. The number of rotatable bonds is 9. The highest BCUT2D eigenvalue weighted by molar-refractivity contribution is 9.10. The summed E-state index contributed by atoms with van der Waals surface area (Å²) in [5.74, 6) is -0.881. The van der Waals surface area contributed by atoms with Gasteiger partial charge in [0.05, 0.1) is 17.8 Å². The molecule has 0 bridgehead atoms. The Hall–Kier alpha value is -2.29. The SMILES string of the molecule is COc1ccc(Cl)cc1NC(=O)CCCC(=O)OCC(=O)Nc1cc(Cl)c(Br)cc1C. The smallest absolute Gasteiger partial charge is 0.306 e. The molecular weight excluding hydrogens is 511 g/mol. The van der Waals surface area contributed by atoms with E-state index in [1.165, 1.54) is 7.11 Å². The average Bonchev–Trinajstić information content (AvgIpc) is 2.70. The van der Waals surface area contributed by atoms with Crippen LogP contribution in [-0.4, -0.2) is 31.5 Å². The highest BCUT2D eigenvalue weighted by Crippen LogP contribution is 2.29. The predicted molar refractivity (Wildman–Crippen MR) is 124 cm³/mol. The van der Waals surface area contributed by atoms with Crippen molar-refractivity contribution in [2.75, 3.05) is 24.4 Å². The molecule has 0 unspecified atom stereocenters. The van der Waals surface area contributed by atoms with Crippen LogP contribution in [0.5, 0.6) is 5.75 Å². The van der Waals surface area contributed by atoms with Gasteiger partial charge in [-0.25, -0.2) is 0 Å². The maximum Gasteiger partial charge on any atom is 0.306 e. The van der Waals surface area contributed by atoms with Crippen LogP contribution in [0, 0.1) is 6.92 Å². The van der Waals surface area contributed by atoms with E-state index in [-0.39, 0.29) is 25.2 Å². The average molecular weight is 532 g/mol. The number of carbonyl (C=O) groups is 3. The zero-order chi connectivity index (χ0) is 23.0. The Morgan fingerprint density at radius 2 is 1.71 bits per heavy atom. The van der Waals surface area contributed by atoms with E-state index in [2.05, 4.69) is 26.6 Å². The fourth-order valence-electron chi connectivity index (χ4n) is 2.57. The second kappa shape index (κ2) is 11.9. The third-order valence-corrected chi connectivity index (χ3v) is 5.56. The van der Waals surface area contributed by atoms with Gasteiger partial charge in [-0.3, -0.25) is 14.4 Å². The molecule has 0 aromatic heterocycles. The van der Waals surface area contributed by atoms with Crippen molar-refractivity contribution in [2.45, 2.75) is 26.2 Å². The molecule has 0 heterocycles. The Morgan fingerprint density at radius 1 is 1.00 bits per heavy atom. The molecule has 0 aliphatic rings. The van der Waals surface area contributed by atoms with Gasteiger partial charge in [-0.1, -0.05) is 23.2 Å². The van der Waals surface area contributed by atoms with Gasteiger partial charge in [0.1, 0.15) is 5.75 Å². The van der Waals surface area contributed by atoms with E-state index in [4.69, 9.17) is 32.7 Å². The Morgan fingerprint density at radius 3 is 2.42 bits per heavy atom. The van der Waals surface area contributed by atoms with Gasteiger partial charge in [-0.05, 0) is 65.2 Å². The lowest BCUT2D eigenvalue weighted by molar-refractivity contribution is -0.147. The zero-order valence-corrected chi connectivity index (χ0v) is 20.0. The molecule has 10 heteroatoms. The van der Waals surface area contributed by atoms with Gasteiger partial charge in [0.25, 0.3) is 5.91 Å². The van der Waals surface area contributed by atoms with Crippen molar-refractivity contribution in [3.05, 3.63) is 50.4 Å². The van der Waals surface area contributed by atoms with Gasteiger partial charge in [0, 0.05) is 28.0 Å². The quantitative estimate of drug-likeness (QED) is 0.424. The van der Waals surface area contributed by atoms with Crippen molar-refractivity contribution in [3.8, 4) is 5.75 Å². The van der Waals surface area contributed by atoms with Crippen molar-refractivity contribution in [1.82, 2.24) is 0 Å². The lowest BCUT2D eigenvalue weighted by atomic mass is 10.2. The third-order valence-electron chi connectivity index (χ3n) is 4.13. The first-order valence-corrected chi connectivity index (χ1v) is 10.8. The standard InChI is InChI=1S/C21H21BrCl2N2O5/c1-12-8-14(22)15(24)10-16(12)25-20(28)11-31-21(29)5-3-4-19(27)26-17-9-13(23)6-7-18(17)30-2/h6-10H,3-5,11H2,1-2H3,(H,25,28)(H,26,27). The molecule has 0 aliphatic carbocycles. The molecule has 7 nitrogen and oxygen atoms in total. The monoisotopic (exact) mass is 530 g/mol. The van der Waals surface area contributed by atoms with Crippen LogP contribution in [0.25, 0.3) is 0 Å². The Balaban J connectivity index is 1.72. The summed E-state index contributed by atoms with van der Waals surface area (Å²) in [4.78, 5) is 35.9. The minimum atomic E-state index is -0.575. The Bertz CT molecular complexity index is 984. The first-order valence-electron chi connectivity index (χ1n) is 9.24. The van der Waals surface area contributed by atoms with Crippen molar-refractivity contribution >= 4 is 68.3 Å². The zero-order valence-electron chi connectivity index (χ0n) is 16.9. The van der Waals surface area contributed by atoms with Gasteiger partial charge >= 0.3 is 5.97 Å². The Kier molecular flexibility index (Phi) is 9.61. The maximum absolute atomic E-state index is 12.1. The molecule has 2 aromatic carbocycles. The number of nitrogens with one attached hydrogen (secondary N) is 2. The second-order valence-corrected chi connectivity index (χ2v) is 8.23. The Labute approximate surface area is 198 Å². The number of carbonyl (C=O) groups excluding carboxylic acids is 3. The van der Waals surface area contributed by atoms with E-state index in [0.29, 0.717) is 31.6 Å². The molecule has 2 rings (SSSR count). The van der Waals surface area contributed by atoms with E-state index in [1.807, 2.05) is 6.92 Å². The normalized spacial score (nSPS) is 10.4. The number of ether oxygens (including phenoxy) is 2. The van der Waals surface area contributed by atoms with Crippen LogP contribution in [0.3, 0.4) is 0 Å². The molecule has 2 amide bonds. The first-order chi connectivity index (χ1) is 14.7. The summed E-state index contributed by atoms with van der Waals surface area (Å²) in [5.41, 5.74) is 1.78. The van der Waals surface area contributed by atoms with Crippen molar-refractivity contribution < 1.29 is 23.9 Å². The number of aryl methyl sites for hydroxylation is 1. The molecule has 0 radical (unpaired) electrons. The lowest BCUT2D eigenvalue weighted by Crippen LogP contribution is -2.21. The molecule has 31 heavy (non-hydrogen) atoms. The van der Waals surface area contributed by atoms with Crippen LogP contribution < -0.4 is 15.4 Å². The highest BCUT2D eigenvalue weighted by atomic mass is 79.9. The summed E-state index contributed by atoms with van der Waals surface area (Å²) >= 11 is 15.3. The molecule has 0 saturated heterocycles. The summed E-state index contributed by atoms with van der Waals surface area (Å²) in [7, 11) is 1.48. The molecule has 0 spiro atoms. The molecular formula is C21H21BrCl2N2O5. The fraction of sp³-hybridized carbons (Fsp3) is 0.286. The van der Waals surface area contributed by atoms with Crippen molar-refractivity contribution in [1.29, 1.82) is 0 Å². The van der Waals surface area contributed by atoms with Crippen LogP contribution in [0.1, 0.15) is 24.8 Å². The number of methoxy groups -OCH3 is 1. The van der Waals surface area contributed by atoms with E-state index in [9.17, 15) is 14.4 Å². The molecule has 166 valence electrons. The summed E-state index contributed by atoms with van der Waals surface area (Å²) in [5, 5.41) is 6.24. The van der Waals surface area contributed by atoms with Gasteiger partial charge in [-0.2, -0.15) is 0 Å². The number of amides is 2. The molecule has 0 aliphatic heterocycles. The summed E-state index contributed by atoms with van der Waals surface area (Å²) in [6.07, 6.45) is 0.348. The van der Waals surface area contributed by atoms with Gasteiger partial charge in [0.2, 0.25) is 5.91 Å². The van der Waals surface area contributed by atoms with Gasteiger partial charge in [0.15, 0.2) is 6.61 Å². The minimum absolute atomic E-state index is 0.00345. The number of halogens is 3. The van der Waals surface area contributed by atoms with Crippen molar-refractivity contribution in [3.63, 3.8) is 0 Å². The second-order valence-electron chi connectivity index (χ2n) is 6.54. The number of benzene rings is 2. The molecule has 0 atom stereocenters. The highest BCUT2D eigenvalue weighted by Gasteiger charge is 2.13. The summed E-state index contributed by atoms with van der Waals surface area (Å²) < 4.78 is 10.8. The number of esters is 1. The van der Waals surface area contributed by atoms with E-state index >= 15 is 0 Å². The molecule has 2 aromatic rings. The summed E-state index contributed by atoms with van der Waals surface area (Å²) in [6.45, 7) is 1.38. The van der Waals surface area contributed by atoms with Crippen LogP contribution in [0.2, 0.25) is 10.0 Å². The molecule has 2 N–H and O–H groups in total. The fourth-order valence-corrected chi connectivity index (χ4v) is 3.36. The minimum Gasteiger partial charge on any atom is -0.495 e. The lowest BCUT2D eigenvalue weighted by Gasteiger charge is -2.11.